The summed E-state index contributed by atoms with van der Waals surface area (Å²) in [6.45, 7) is -1.32. The van der Waals surface area contributed by atoms with Gasteiger partial charge in [0.2, 0.25) is 0 Å². The molecule has 0 radical (unpaired) electrons. The van der Waals surface area contributed by atoms with Crippen molar-refractivity contribution in [3.8, 4) is 11.3 Å². The number of aliphatic hydroxyl groups is 4. The molecule has 31 heavy (non-hydrogen) atoms. The number of benzene rings is 2. The number of hydrogen-bond acceptors (Lipinski definition) is 8. The Labute approximate surface area is 174 Å². The highest BCUT2D eigenvalue weighted by Gasteiger charge is 2.34. The quantitative estimate of drug-likeness (QED) is 0.251. The molecule has 4 rings (SSSR count). The zero-order valence-corrected chi connectivity index (χ0v) is 16.0. The van der Waals surface area contributed by atoms with Crippen LogP contribution in [0.5, 0.6) is 0 Å². The number of nitro groups is 1. The van der Waals surface area contributed by atoms with Crippen LogP contribution < -0.4 is 5.56 Å². The second kappa shape index (κ2) is 7.67. The summed E-state index contributed by atoms with van der Waals surface area (Å²) in [6, 6.07) is 10.2. The van der Waals surface area contributed by atoms with Gasteiger partial charge in [0.25, 0.3) is 11.2 Å². The van der Waals surface area contributed by atoms with Crippen LogP contribution in [0.4, 0.5) is 5.69 Å². The van der Waals surface area contributed by atoms with Crippen LogP contribution in [0.3, 0.4) is 0 Å². The van der Waals surface area contributed by atoms with Gasteiger partial charge in [-0.2, -0.15) is 0 Å². The zero-order valence-electron chi connectivity index (χ0n) is 16.0. The number of nitro benzene ring substituents is 1. The van der Waals surface area contributed by atoms with Crippen molar-refractivity contribution >= 4 is 22.2 Å². The Hall–Kier alpha value is -3.44. The van der Waals surface area contributed by atoms with E-state index >= 15 is 0 Å². The van der Waals surface area contributed by atoms with Gasteiger partial charge >= 0.3 is 0 Å². The summed E-state index contributed by atoms with van der Waals surface area (Å²) < 4.78 is 1.07. The van der Waals surface area contributed by atoms with E-state index in [1.54, 1.807) is 24.3 Å². The highest BCUT2D eigenvalue weighted by molar-refractivity contribution is 6.26. The van der Waals surface area contributed by atoms with Crippen LogP contribution in [0.15, 0.2) is 47.3 Å². The smallest absolute Gasteiger partial charge is 0.270 e. The topological polar surface area (TPSA) is 163 Å². The van der Waals surface area contributed by atoms with Crippen LogP contribution in [0.2, 0.25) is 0 Å². The monoisotopic (exact) mass is 426 g/mol. The van der Waals surface area contributed by atoms with Gasteiger partial charge in [-0.1, -0.05) is 24.3 Å². The Morgan fingerprint density at radius 2 is 1.65 bits per heavy atom. The molecule has 0 aliphatic heterocycles. The van der Waals surface area contributed by atoms with E-state index in [-0.39, 0.29) is 33.5 Å². The van der Waals surface area contributed by atoms with Gasteiger partial charge in [-0.25, -0.2) is 0 Å². The predicted molar refractivity (Wildman–Crippen MR) is 109 cm³/mol. The molecule has 1 aliphatic rings. The Bertz CT molecular complexity index is 1280. The van der Waals surface area contributed by atoms with Gasteiger partial charge in [0, 0.05) is 28.6 Å². The lowest BCUT2D eigenvalue weighted by Crippen LogP contribution is -2.43. The average molecular weight is 426 g/mol. The number of nitrogens with zero attached hydrogens (tertiary/aromatic N) is 2. The van der Waals surface area contributed by atoms with Crippen molar-refractivity contribution in [3.63, 3.8) is 0 Å². The predicted octanol–water partition coefficient (Wildman–Crippen LogP) is 0.196. The highest BCUT2D eigenvalue weighted by Crippen LogP contribution is 2.39. The van der Waals surface area contributed by atoms with Crippen molar-refractivity contribution in [1.29, 1.82) is 0 Å². The first-order valence-corrected chi connectivity index (χ1v) is 9.40. The molecule has 3 aromatic rings. The summed E-state index contributed by atoms with van der Waals surface area (Å²) in [4.78, 5) is 37.0. The summed E-state index contributed by atoms with van der Waals surface area (Å²) in [5, 5.41) is 50.4. The molecule has 0 saturated heterocycles. The molecule has 0 bridgehead atoms. The maximum atomic E-state index is 13.3. The number of pyridine rings is 1. The molecule has 10 nitrogen and oxygen atoms in total. The van der Waals surface area contributed by atoms with Crippen molar-refractivity contribution in [2.24, 2.45) is 0 Å². The fraction of sp³-hybridized carbons (Fsp3) is 0.238. The fourth-order valence-electron chi connectivity index (χ4n) is 3.92. The molecule has 3 atom stereocenters. The molecule has 0 saturated carbocycles. The minimum absolute atomic E-state index is 0.0847. The van der Waals surface area contributed by atoms with Crippen LogP contribution in [-0.4, -0.2) is 60.6 Å². The van der Waals surface area contributed by atoms with Gasteiger partial charge in [-0.3, -0.25) is 19.7 Å². The summed E-state index contributed by atoms with van der Waals surface area (Å²) in [6.07, 6.45) is -5.07. The summed E-state index contributed by atoms with van der Waals surface area (Å²) >= 11 is 0. The number of hydrogen-bond donors (Lipinski definition) is 4. The molecule has 4 N–H and O–H groups in total. The van der Waals surface area contributed by atoms with E-state index in [4.69, 9.17) is 5.11 Å². The van der Waals surface area contributed by atoms with E-state index in [1.165, 1.54) is 12.1 Å². The molecule has 0 fully saturated rings. The SMILES string of the molecule is O=C1c2ccccc2-c2c1c1ccc([N+](=O)[O-])cc1c(=O)n2C[C@H](O)[C@H](O)[C@H](O)CO. The standard InChI is InChI=1S/C21H18N2O8/c24-9-16(26)20(28)15(25)8-22-18-12-3-1-2-4-13(12)19(27)17(18)11-6-5-10(23(30)31)7-14(11)21(22)29/h1-7,15-16,20,24-26,28H,8-9H2/t15-,16+,20-/m0/s1. The normalized spacial score (nSPS) is 15.4. The average Bonchev–Trinajstić information content (AvgIpc) is 3.07. The molecule has 1 aromatic heterocycles. The number of rotatable bonds is 6. The Morgan fingerprint density at radius 3 is 2.29 bits per heavy atom. The molecular formula is C21H18N2O8. The number of fused-ring (bicyclic) bond motifs is 5. The van der Waals surface area contributed by atoms with E-state index in [9.17, 15) is 35.0 Å². The van der Waals surface area contributed by atoms with Crippen LogP contribution >= 0.6 is 0 Å². The first-order valence-electron chi connectivity index (χ1n) is 9.40. The third kappa shape index (κ3) is 3.22. The second-order valence-electron chi connectivity index (χ2n) is 7.31. The lowest BCUT2D eigenvalue weighted by molar-refractivity contribution is -0.384. The number of carbonyl (C=O) groups is 1. The van der Waals surface area contributed by atoms with Gasteiger partial charge in [0.1, 0.15) is 18.3 Å². The van der Waals surface area contributed by atoms with Crippen molar-refractivity contribution in [3.05, 3.63) is 74.1 Å². The molecule has 10 heteroatoms. The van der Waals surface area contributed by atoms with E-state index in [0.717, 1.165) is 10.6 Å². The maximum Gasteiger partial charge on any atom is 0.270 e. The van der Waals surface area contributed by atoms with Crippen LogP contribution in [0.1, 0.15) is 15.9 Å². The fourth-order valence-corrected chi connectivity index (χ4v) is 3.92. The van der Waals surface area contributed by atoms with E-state index in [2.05, 4.69) is 0 Å². The highest BCUT2D eigenvalue weighted by atomic mass is 16.6. The molecule has 1 aliphatic carbocycles. The minimum Gasteiger partial charge on any atom is -0.394 e. The van der Waals surface area contributed by atoms with E-state index < -0.39 is 41.9 Å². The van der Waals surface area contributed by atoms with Gasteiger partial charge in [-0.15, -0.1) is 0 Å². The van der Waals surface area contributed by atoms with E-state index in [1.807, 2.05) is 0 Å². The molecule has 0 unspecified atom stereocenters. The number of carbonyl (C=O) groups excluding carboxylic acids is 1. The lowest BCUT2D eigenvalue weighted by atomic mass is 10.0. The molecular weight excluding hydrogens is 408 g/mol. The van der Waals surface area contributed by atoms with Gasteiger partial charge in [0.15, 0.2) is 5.78 Å². The summed E-state index contributed by atoms with van der Waals surface area (Å²) in [5.41, 5.74) is 0.125. The molecule has 0 spiro atoms. The third-order valence-corrected chi connectivity index (χ3v) is 5.46. The third-order valence-electron chi connectivity index (χ3n) is 5.46. The molecule has 2 aromatic carbocycles. The second-order valence-corrected chi connectivity index (χ2v) is 7.31. The lowest BCUT2D eigenvalue weighted by Gasteiger charge is -2.24. The van der Waals surface area contributed by atoms with Crippen molar-refractivity contribution in [1.82, 2.24) is 4.57 Å². The Morgan fingerprint density at radius 1 is 0.968 bits per heavy atom. The number of non-ortho nitro benzene ring substituents is 1. The van der Waals surface area contributed by atoms with Crippen LogP contribution in [0.25, 0.3) is 22.0 Å². The molecule has 1 heterocycles. The zero-order chi connectivity index (χ0) is 22.4. The van der Waals surface area contributed by atoms with Gasteiger partial charge in [-0.05, 0) is 6.07 Å². The minimum atomic E-state index is -1.76. The molecule has 160 valence electrons. The Balaban J connectivity index is 2.01. The van der Waals surface area contributed by atoms with Crippen LogP contribution in [0, 0.1) is 10.1 Å². The summed E-state index contributed by atoms with van der Waals surface area (Å²) in [5.74, 6) is -0.372. The summed E-state index contributed by atoms with van der Waals surface area (Å²) in [7, 11) is 0. The molecule has 0 amide bonds. The Kier molecular flexibility index (Phi) is 5.15. The van der Waals surface area contributed by atoms with Crippen molar-refractivity contribution in [2.45, 2.75) is 24.9 Å². The maximum absolute atomic E-state index is 13.3. The number of aliphatic hydroxyl groups excluding tert-OH is 4. The largest absolute Gasteiger partial charge is 0.394 e. The number of ketones is 1. The number of aromatic nitrogens is 1. The van der Waals surface area contributed by atoms with Crippen molar-refractivity contribution in [2.75, 3.05) is 6.61 Å². The van der Waals surface area contributed by atoms with Crippen molar-refractivity contribution < 1.29 is 30.1 Å². The first kappa shape index (κ1) is 20.8. The first-order chi connectivity index (χ1) is 14.8. The van der Waals surface area contributed by atoms with Gasteiger partial charge in [0.05, 0.1) is 34.7 Å². The van der Waals surface area contributed by atoms with E-state index in [0.29, 0.717) is 11.1 Å². The van der Waals surface area contributed by atoms with Gasteiger partial charge < -0.3 is 25.0 Å². The van der Waals surface area contributed by atoms with Crippen LogP contribution in [-0.2, 0) is 6.54 Å².